The van der Waals surface area contributed by atoms with Crippen molar-refractivity contribution >= 4 is 27.5 Å². The van der Waals surface area contributed by atoms with Gasteiger partial charge in [0.2, 0.25) is 0 Å². The first-order valence-corrected chi connectivity index (χ1v) is 8.25. The molecule has 1 amide bonds. The molecule has 0 saturated carbocycles. The number of rotatable bonds is 2. The molecule has 2 aromatic carbocycles. The summed E-state index contributed by atoms with van der Waals surface area (Å²) in [6.45, 7) is 1.87. The normalized spacial score (nSPS) is 16.5. The van der Waals surface area contributed by atoms with E-state index in [1.54, 1.807) is 11.0 Å². The number of hydrogen-bond donors (Lipinski definition) is 1. The highest BCUT2D eigenvalue weighted by Crippen LogP contribution is 2.42. The number of aryl methyl sites for hydroxylation is 1. The van der Waals surface area contributed by atoms with Gasteiger partial charge in [0, 0.05) is 21.4 Å². The van der Waals surface area contributed by atoms with Gasteiger partial charge in [-0.3, -0.25) is 14.8 Å². The zero-order valence-electron chi connectivity index (χ0n) is 12.8. The highest BCUT2D eigenvalue weighted by molar-refractivity contribution is 9.10. The molecule has 0 radical (unpaired) electrons. The van der Waals surface area contributed by atoms with Gasteiger partial charge in [-0.1, -0.05) is 28.1 Å². The van der Waals surface area contributed by atoms with Crippen LogP contribution in [0, 0.1) is 12.7 Å². The minimum absolute atomic E-state index is 0.189. The Morgan fingerprint density at radius 2 is 1.96 bits per heavy atom. The van der Waals surface area contributed by atoms with Gasteiger partial charge in [-0.15, -0.1) is 0 Å². The maximum absolute atomic E-state index is 13.8. The number of nitrogens with zero attached hydrogens (tertiary/aromatic N) is 2. The average Bonchev–Trinajstić information content (AvgIpc) is 3.07. The second kappa shape index (κ2) is 5.56. The standard InChI is InChI=1S/C18H13BrFN3O/c1-10-15-16(22-21-10)18(24)23(14-7-5-12(19)6-8-14)17(15)11-3-2-4-13(20)9-11/h2-9,17H,1H3,(H,21,22). The first-order chi connectivity index (χ1) is 11.6. The van der Waals surface area contributed by atoms with Crippen molar-refractivity contribution in [3.05, 3.63) is 81.3 Å². The van der Waals surface area contributed by atoms with Crippen LogP contribution in [0.5, 0.6) is 0 Å². The minimum atomic E-state index is -0.400. The van der Waals surface area contributed by atoms with Crippen LogP contribution in [0.1, 0.15) is 33.4 Å². The van der Waals surface area contributed by atoms with Crippen LogP contribution in [0.2, 0.25) is 0 Å². The number of hydrogen-bond acceptors (Lipinski definition) is 2. The molecule has 24 heavy (non-hydrogen) atoms. The maximum atomic E-state index is 13.8. The van der Waals surface area contributed by atoms with E-state index in [1.165, 1.54) is 12.1 Å². The van der Waals surface area contributed by atoms with Crippen LogP contribution in [-0.4, -0.2) is 16.1 Å². The van der Waals surface area contributed by atoms with Crippen molar-refractivity contribution in [2.75, 3.05) is 4.90 Å². The van der Waals surface area contributed by atoms with E-state index in [0.717, 1.165) is 27.0 Å². The maximum Gasteiger partial charge on any atom is 0.279 e. The zero-order chi connectivity index (χ0) is 16.8. The fraction of sp³-hybridized carbons (Fsp3) is 0.111. The lowest BCUT2D eigenvalue weighted by Crippen LogP contribution is -2.29. The van der Waals surface area contributed by atoms with Crippen molar-refractivity contribution in [2.24, 2.45) is 0 Å². The van der Waals surface area contributed by atoms with Crippen LogP contribution in [0.4, 0.5) is 10.1 Å². The van der Waals surface area contributed by atoms with Crippen LogP contribution in [-0.2, 0) is 0 Å². The van der Waals surface area contributed by atoms with Crippen LogP contribution in [0.25, 0.3) is 0 Å². The molecule has 4 rings (SSSR count). The Kier molecular flexibility index (Phi) is 3.49. The largest absolute Gasteiger partial charge is 0.295 e. The number of carbonyl (C=O) groups is 1. The van der Waals surface area contributed by atoms with E-state index in [1.807, 2.05) is 37.3 Å². The fourth-order valence-corrected chi connectivity index (χ4v) is 3.42. The van der Waals surface area contributed by atoms with Crippen LogP contribution in [0.15, 0.2) is 53.0 Å². The molecule has 0 spiro atoms. The summed E-state index contributed by atoms with van der Waals surface area (Å²) >= 11 is 3.40. The Balaban J connectivity index is 1.91. The van der Waals surface area contributed by atoms with Crippen molar-refractivity contribution in [3.8, 4) is 0 Å². The number of aromatic amines is 1. The van der Waals surface area contributed by atoms with Crippen molar-refractivity contribution in [1.29, 1.82) is 0 Å². The first-order valence-electron chi connectivity index (χ1n) is 7.45. The third-order valence-electron chi connectivity index (χ3n) is 4.22. The van der Waals surface area contributed by atoms with E-state index < -0.39 is 6.04 Å². The summed E-state index contributed by atoms with van der Waals surface area (Å²) in [5, 5.41) is 7.02. The monoisotopic (exact) mass is 385 g/mol. The quantitative estimate of drug-likeness (QED) is 0.711. The molecule has 3 aromatic rings. The number of aromatic nitrogens is 2. The van der Waals surface area contributed by atoms with E-state index in [0.29, 0.717) is 5.69 Å². The number of carbonyl (C=O) groups excluding carboxylic acids is 1. The van der Waals surface area contributed by atoms with Gasteiger partial charge in [-0.25, -0.2) is 4.39 Å². The summed E-state index contributed by atoms with van der Waals surface area (Å²) in [6, 6.07) is 13.4. The number of nitrogens with one attached hydrogen (secondary N) is 1. The molecule has 1 aromatic heterocycles. The van der Waals surface area contributed by atoms with E-state index in [4.69, 9.17) is 0 Å². The molecule has 1 aliphatic rings. The second-order valence-corrected chi connectivity index (χ2v) is 6.64. The molecule has 0 saturated heterocycles. The first kappa shape index (κ1) is 15.1. The number of halogens is 2. The fourth-order valence-electron chi connectivity index (χ4n) is 3.16. The third kappa shape index (κ3) is 2.26. The summed E-state index contributed by atoms with van der Waals surface area (Å²) in [6.07, 6.45) is 0. The Morgan fingerprint density at radius 1 is 1.21 bits per heavy atom. The van der Waals surface area contributed by atoms with Gasteiger partial charge >= 0.3 is 0 Å². The molecule has 6 heteroatoms. The molecule has 1 unspecified atom stereocenters. The van der Waals surface area contributed by atoms with Crippen molar-refractivity contribution in [1.82, 2.24) is 10.2 Å². The predicted octanol–water partition coefficient (Wildman–Crippen LogP) is 4.37. The van der Waals surface area contributed by atoms with E-state index in [9.17, 15) is 9.18 Å². The van der Waals surface area contributed by atoms with Crippen LogP contribution in [0.3, 0.4) is 0 Å². The summed E-state index contributed by atoms with van der Waals surface area (Å²) in [7, 11) is 0. The zero-order valence-corrected chi connectivity index (χ0v) is 14.3. The summed E-state index contributed by atoms with van der Waals surface area (Å²) < 4.78 is 14.7. The Hall–Kier alpha value is -2.47. The van der Waals surface area contributed by atoms with Crippen LogP contribution >= 0.6 is 15.9 Å². The summed E-state index contributed by atoms with van der Waals surface area (Å²) in [4.78, 5) is 14.6. The highest BCUT2D eigenvalue weighted by atomic mass is 79.9. The van der Waals surface area contributed by atoms with Crippen LogP contribution < -0.4 is 4.90 Å². The van der Waals surface area contributed by atoms with Gasteiger partial charge in [0.25, 0.3) is 5.91 Å². The second-order valence-electron chi connectivity index (χ2n) is 5.72. The summed E-state index contributed by atoms with van der Waals surface area (Å²) in [5.41, 5.74) is 3.47. The van der Waals surface area contributed by atoms with Gasteiger partial charge in [0.1, 0.15) is 5.82 Å². The van der Waals surface area contributed by atoms with Crippen molar-refractivity contribution < 1.29 is 9.18 Å². The topological polar surface area (TPSA) is 49.0 Å². The molecule has 4 nitrogen and oxygen atoms in total. The van der Waals surface area contributed by atoms with Gasteiger partial charge in [0.15, 0.2) is 5.69 Å². The molecule has 0 bridgehead atoms. The van der Waals surface area contributed by atoms with Crippen molar-refractivity contribution in [2.45, 2.75) is 13.0 Å². The van der Waals surface area contributed by atoms with E-state index in [-0.39, 0.29) is 11.7 Å². The lowest BCUT2D eigenvalue weighted by molar-refractivity contribution is 0.0988. The third-order valence-corrected chi connectivity index (χ3v) is 4.75. The molecular formula is C18H13BrFN3O. The lowest BCUT2D eigenvalue weighted by Gasteiger charge is -2.26. The smallest absolute Gasteiger partial charge is 0.279 e. The van der Waals surface area contributed by atoms with E-state index >= 15 is 0 Å². The molecule has 0 aliphatic carbocycles. The number of H-pyrrole nitrogens is 1. The lowest BCUT2D eigenvalue weighted by atomic mass is 9.99. The number of anilines is 1. The van der Waals surface area contributed by atoms with Gasteiger partial charge in [-0.05, 0) is 48.9 Å². The number of fused-ring (bicyclic) bond motifs is 1. The minimum Gasteiger partial charge on any atom is -0.295 e. The van der Waals surface area contributed by atoms with Gasteiger partial charge in [0.05, 0.1) is 6.04 Å². The molecule has 1 N–H and O–H groups in total. The Labute approximate surface area is 146 Å². The molecule has 1 aliphatic heterocycles. The summed E-state index contributed by atoms with van der Waals surface area (Å²) in [5.74, 6) is -0.517. The molecule has 120 valence electrons. The Bertz CT molecular complexity index is 936. The van der Waals surface area contributed by atoms with E-state index in [2.05, 4.69) is 26.1 Å². The van der Waals surface area contributed by atoms with Gasteiger partial charge in [-0.2, -0.15) is 5.10 Å². The molecule has 2 heterocycles. The number of benzene rings is 2. The highest BCUT2D eigenvalue weighted by Gasteiger charge is 2.42. The van der Waals surface area contributed by atoms with Crippen molar-refractivity contribution in [3.63, 3.8) is 0 Å². The average molecular weight is 386 g/mol. The predicted molar refractivity (Wildman–Crippen MR) is 92.5 cm³/mol. The number of amides is 1. The molecular weight excluding hydrogens is 373 g/mol. The Morgan fingerprint density at radius 3 is 2.67 bits per heavy atom. The SMILES string of the molecule is Cc1[nH]nc2c1C(c1cccc(F)c1)N(c1ccc(Br)cc1)C2=O. The van der Waals surface area contributed by atoms with Gasteiger partial charge < -0.3 is 0 Å². The molecule has 1 atom stereocenters. The molecule has 0 fully saturated rings.